The van der Waals surface area contributed by atoms with Gasteiger partial charge in [-0.1, -0.05) is 31.2 Å². The Bertz CT molecular complexity index is 799. The Morgan fingerprint density at radius 1 is 1.04 bits per heavy atom. The van der Waals surface area contributed by atoms with Crippen LogP contribution in [0.4, 0.5) is 0 Å². The number of benzene rings is 1. The van der Waals surface area contributed by atoms with Crippen LogP contribution in [-0.4, -0.2) is 36.5 Å². The fourth-order valence-electron chi connectivity index (χ4n) is 3.48. The highest BCUT2D eigenvalue weighted by atomic mass is 32.2. The number of nitrogens with zero attached hydrogens (tertiary/aromatic N) is 2. The summed E-state index contributed by atoms with van der Waals surface area (Å²) < 4.78 is 31.7. The predicted octanol–water partition coefficient (Wildman–Crippen LogP) is 3.65. The Morgan fingerprint density at radius 3 is 2.30 bits per heavy atom. The molecule has 146 valence electrons. The van der Waals surface area contributed by atoms with Crippen molar-refractivity contribution in [2.45, 2.75) is 39.2 Å². The molecule has 27 heavy (non-hydrogen) atoms. The molecule has 0 bridgehead atoms. The first-order chi connectivity index (χ1) is 13.1. The Balaban J connectivity index is 1.46. The minimum absolute atomic E-state index is 0.265. The lowest BCUT2D eigenvalue weighted by Gasteiger charge is -2.31. The van der Waals surface area contributed by atoms with Crippen molar-refractivity contribution in [3.8, 4) is 5.75 Å². The fourth-order valence-corrected chi connectivity index (χ4v) is 5.03. The second-order valence-corrected chi connectivity index (χ2v) is 9.24. The van der Waals surface area contributed by atoms with Gasteiger partial charge in [-0.15, -0.1) is 0 Å². The number of pyridine rings is 1. The first-order valence-corrected chi connectivity index (χ1v) is 11.3. The molecule has 1 aromatic heterocycles. The van der Waals surface area contributed by atoms with Gasteiger partial charge in [0.25, 0.3) is 0 Å². The van der Waals surface area contributed by atoms with Crippen molar-refractivity contribution in [3.05, 3.63) is 59.9 Å². The third-order valence-electron chi connectivity index (χ3n) is 5.03. The molecule has 2 heterocycles. The van der Waals surface area contributed by atoms with Crippen LogP contribution in [0.25, 0.3) is 0 Å². The maximum atomic E-state index is 12.2. The quantitative estimate of drug-likeness (QED) is 0.692. The number of rotatable bonds is 8. The van der Waals surface area contributed by atoms with Gasteiger partial charge in [0.1, 0.15) is 12.4 Å². The maximum absolute atomic E-state index is 12.2. The van der Waals surface area contributed by atoms with E-state index in [0.29, 0.717) is 32.0 Å². The number of sulfonamides is 1. The van der Waals surface area contributed by atoms with E-state index < -0.39 is 10.0 Å². The molecule has 1 aliphatic heterocycles. The summed E-state index contributed by atoms with van der Waals surface area (Å²) in [6.45, 7) is 3.77. The molecular weight excluding hydrogens is 360 g/mol. The first-order valence-electron chi connectivity index (χ1n) is 9.65. The van der Waals surface area contributed by atoms with Crippen molar-refractivity contribution in [2.24, 2.45) is 5.92 Å². The molecule has 5 nitrogen and oxygen atoms in total. The molecule has 0 unspecified atom stereocenters. The van der Waals surface area contributed by atoms with E-state index in [1.807, 2.05) is 19.1 Å². The second kappa shape index (κ2) is 9.33. The van der Waals surface area contributed by atoms with E-state index in [0.717, 1.165) is 30.6 Å². The third-order valence-corrected chi connectivity index (χ3v) is 7.11. The molecule has 1 saturated heterocycles. The van der Waals surface area contributed by atoms with E-state index in [1.165, 1.54) is 5.56 Å². The lowest BCUT2D eigenvalue weighted by molar-refractivity contribution is 0.272. The Hall–Kier alpha value is -1.92. The van der Waals surface area contributed by atoms with Gasteiger partial charge < -0.3 is 4.74 Å². The van der Waals surface area contributed by atoms with Gasteiger partial charge in [-0.3, -0.25) is 4.98 Å². The lowest BCUT2D eigenvalue weighted by atomic mass is 9.91. The van der Waals surface area contributed by atoms with Gasteiger partial charge in [-0.25, -0.2) is 12.7 Å². The van der Waals surface area contributed by atoms with E-state index in [1.54, 1.807) is 16.7 Å². The van der Waals surface area contributed by atoms with Gasteiger partial charge >= 0.3 is 0 Å². The van der Waals surface area contributed by atoms with Crippen LogP contribution >= 0.6 is 0 Å². The van der Waals surface area contributed by atoms with Crippen LogP contribution in [-0.2, 0) is 23.1 Å². The highest BCUT2D eigenvalue weighted by Crippen LogP contribution is 2.24. The molecular formula is C21H28N2O3S. The van der Waals surface area contributed by atoms with Crippen molar-refractivity contribution in [1.29, 1.82) is 0 Å². The lowest BCUT2D eigenvalue weighted by Crippen LogP contribution is -2.40. The maximum Gasteiger partial charge on any atom is 0.214 e. The van der Waals surface area contributed by atoms with Crippen molar-refractivity contribution >= 4 is 10.0 Å². The zero-order chi connectivity index (χ0) is 19.1. The zero-order valence-electron chi connectivity index (χ0n) is 15.9. The van der Waals surface area contributed by atoms with Crippen LogP contribution in [0.1, 0.15) is 37.3 Å². The van der Waals surface area contributed by atoms with Gasteiger partial charge in [0.2, 0.25) is 10.0 Å². The summed E-state index contributed by atoms with van der Waals surface area (Å²) >= 11 is 0. The zero-order valence-corrected chi connectivity index (χ0v) is 16.7. The molecule has 0 radical (unpaired) electrons. The van der Waals surface area contributed by atoms with Crippen molar-refractivity contribution in [3.63, 3.8) is 0 Å². The Kier molecular flexibility index (Phi) is 6.85. The Morgan fingerprint density at radius 2 is 1.67 bits per heavy atom. The van der Waals surface area contributed by atoms with Crippen LogP contribution in [0.5, 0.6) is 5.75 Å². The van der Waals surface area contributed by atoms with E-state index in [2.05, 4.69) is 29.2 Å². The van der Waals surface area contributed by atoms with Crippen LogP contribution < -0.4 is 4.74 Å². The largest absolute Gasteiger partial charge is 0.489 e. The predicted molar refractivity (Wildman–Crippen MR) is 107 cm³/mol. The number of ether oxygens (including phenoxy) is 1. The SMILES string of the molecule is CCCS(=O)(=O)N1CCC(Cc2ccc(COc3ccncc3)cc2)CC1. The number of piperidine rings is 1. The third kappa shape index (κ3) is 5.78. The standard InChI is InChI=1S/C21H28N2O3S/c1-2-15-27(24,25)23-13-9-19(10-14-23)16-18-3-5-20(6-4-18)17-26-21-7-11-22-12-8-21/h3-8,11-12,19H,2,9-10,13-17H2,1H3. The molecule has 0 atom stereocenters. The summed E-state index contributed by atoms with van der Waals surface area (Å²) in [4.78, 5) is 3.98. The molecule has 0 saturated carbocycles. The highest BCUT2D eigenvalue weighted by molar-refractivity contribution is 7.89. The Labute approximate surface area is 162 Å². The first kappa shape index (κ1) is 19.8. The molecule has 0 aliphatic carbocycles. The molecule has 1 fully saturated rings. The molecule has 0 N–H and O–H groups in total. The van der Waals surface area contributed by atoms with Gasteiger partial charge in [-0.05, 0) is 54.9 Å². The summed E-state index contributed by atoms with van der Waals surface area (Å²) in [5.41, 5.74) is 2.44. The number of hydrogen-bond donors (Lipinski definition) is 0. The summed E-state index contributed by atoms with van der Waals surface area (Å²) in [6.07, 6.45) is 7.01. The van der Waals surface area contributed by atoms with E-state index in [4.69, 9.17) is 4.74 Å². The molecule has 2 aromatic rings. The fraction of sp³-hybridized carbons (Fsp3) is 0.476. The van der Waals surface area contributed by atoms with Gasteiger partial charge in [0.15, 0.2) is 0 Å². The monoisotopic (exact) mass is 388 g/mol. The molecule has 1 aliphatic rings. The van der Waals surface area contributed by atoms with Gasteiger partial charge in [-0.2, -0.15) is 0 Å². The van der Waals surface area contributed by atoms with Crippen LogP contribution in [0.2, 0.25) is 0 Å². The van der Waals surface area contributed by atoms with Gasteiger partial charge in [0, 0.05) is 25.5 Å². The summed E-state index contributed by atoms with van der Waals surface area (Å²) in [5.74, 6) is 1.64. The number of aromatic nitrogens is 1. The second-order valence-electron chi connectivity index (χ2n) is 7.15. The normalized spacial score (nSPS) is 16.3. The van der Waals surface area contributed by atoms with Gasteiger partial charge in [0.05, 0.1) is 5.75 Å². The van der Waals surface area contributed by atoms with Crippen LogP contribution in [0.15, 0.2) is 48.8 Å². The minimum Gasteiger partial charge on any atom is -0.489 e. The molecule has 0 amide bonds. The molecule has 1 aromatic carbocycles. The van der Waals surface area contributed by atoms with E-state index in [9.17, 15) is 8.42 Å². The summed E-state index contributed by atoms with van der Waals surface area (Å²) in [5, 5.41) is 0. The molecule has 6 heteroatoms. The topological polar surface area (TPSA) is 59.5 Å². The summed E-state index contributed by atoms with van der Waals surface area (Å²) in [6, 6.07) is 12.2. The van der Waals surface area contributed by atoms with Crippen molar-refractivity contribution in [2.75, 3.05) is 18.8 Å². The average molecular weight is 389 g/mol. The van der Waals surface area contributed by atoms with E-state index in [-0.39, 0.29) is 5.75 Å². The number of hydrogen-bond acceptors (Lipinski definition) is 4. The van der Waals surface area contributed by atoms with Crippen LogP contribution in [0, 0.1) is 5.92 Å². The molecule has 0 spiro atoms. The minimum atomic E-state index is -3.05. The average Bonchev–Trinajstić information content (AvgIpc) is 2.69. The molecule has 3 rings (SSSR count). The van der Waals surface area contributed by atoms with Crippen molar-refractivity contribution in [1.82, 2.24) is 9.29 Å². The smallest absolute Gasteiger partial charge is 0.214 e. The highest BCUT2D eigenvalue weighted by Gasteiger charge is 2.27. The summed E-state index contributed by atoms with van der Waals surface area (Å²) in [7, 11) is -3.05. The van der Waals surface area contributed by atoms with E-state index >= 15 is 0 Å². The van der Waals surface area contributed by atoms with Crippen LogP contribution in [0.3, 0.4) is 0 Å². The van der Waals surface area contributed by atoms with Crippen molar-refractivity contribution < 1.29 is 13.2 Å².